The second-order valence-corrected chi connectivity index (χ2v) is 6.89. The summed E-state index contributed by atoms with van der Waals surface area (Å²) in [4.78, 5) is 25.9. The van der Waals surface area contributed by atoms with Crippen molar-refractivity contribution < 1.29 is 19.4 Å². The lowest BCUT2D eigenvalue weighted by Crippen LogP contribution is -2.45. The van der Waals surface area contributed by atoms with E-state index in [4.69, 9.17) is 9.84 Å². The van der Waals surface area contributed by atoms with Crippen LogP contribution in [0.1, 0.15) is 42.9 Å². The Hall–Kier alpha value is -1.88. The van der Waals surface area contributed by atoms with Gasteiger partial charge in [0.25, 0.3) is 0 Å². The topological polar surface area (TPSA) is 66.8 Å². The third kappa shape index (κ3) is 3.61. The van der Waals surface area contributed by atoms with Crippen molar-refractivity contribution in [1.29, 1.82) is 0 Å². The number of carboxylic acid groups (broad SMARTS) is 1. The van der Waals surface area contributed by atoms with Gasteiger partial charge in [-0.15, -0.1) is 0 Å². The van der Waals surface area contributed by atoms with Crippen LogP contribution in [-0.2, 0) is 14.3 Å². The fraction of sp³-hybridized carbons (Fsp3) is 0.579. The molecule has 0 aliphatic carbocycles. The lowest BCUT2D eigenvalue weighted by atomic mass is 9.87. The van der Waals surface area contributed by atoms with Crippen molar-refractivity contribution in [2.75, 3.05) is 19.7 Å². The van der Waals surface area contributed by atoms with Crippen LogP contribution < -0.4 is 0 Å². The smallest absolute Gasteiger partial charge is 0.306 e. The fourth-order valence-electron chi connectivity index (χ4n) is 3.70. The number of hydrogen-bond acceptors (Lipinski definition) is 3. The molecule has 2 aliphatic heterocycles. The van der Waals surface area contributed by atoms with E-state index in [1.807, 2.05) is 36.1 Å². The van der Waals surface area contributed by atoms with Gasteiger partial charge < -0.3 is 14.7 Å². The molecule has 0 radical (unpaired) electrons. The fourth-order valence-corrected chi connectivity index (χ4v) is 3.70. The molecule has 3 rings (SSSR count). The monoisotopic (exact) mass is 331 g/mol. The summed E-state index contributed by atoms with van der Waals surface area (Å²) in [5.74, 6) is -1.11. The van der Waals surface area contributed by atoms with Gasteiger partial charge in [-0.1, -0.05) is 29.8 Å². The first kappa shape index (κ1) is 17.0. The Labute approximate surface area is 142 Å². The second-order valence-electron chi connectivity index (χ2n) is 6.89. The van der Waals surface area contributed by atoms with Crippen molar-refractivity contribution in [3.05, 3.63) is 35.4 Å². The number of benzene rings is 1. The van der Waals surface area contributed by atoms with E-state index in [9.17, 15) is 9.59 Å². The molecule has 2 atom stereocenters. The van der Waals surface area contributed by atoms with Gasteiger partial charge in [0.15, 0.2) is 0 Å². The summed E-state index contributed by atoms with van der Waals surface area (Å²) in [6, 6.07) is 8.19. The van der Waals surface area contributed by atoms with E-state index in [0.29, 0.717) is 32.5 Å². The van der Waals surface area contributed by atoms with Gasteiger partial charge in [-0.2, -0.15) is 0 Å². The summed E-state index contributed by atoms with van der Waals surface area (Å²) in [5, 5.41) is 9.10. The first-order valence-electron chi connectivity index (χ1n) is 8.76. The van der Waals surface area contributed by atoms with E-state index in [0.717, 1.165) is 18.4 Å². The third-order valence-electron chi connectivity index (χ3n) is 5.20. The van der Waals surface area contributed by atoms with Crippen LogP contribution >= 0.6 is 0 Å². The molecule has 130 valence electrons. The van der Waals surface area contributed by atoms with Crippen molar-refractivity contribution in [3.8, 4) is 0 Å². The lowest BCUT2D eigenvalue weighted by molar-refractivity contribution is -0.151. The third-order valence-corrected chi connectivity index (χ3v) is 5.20. The zero-order valence-electron chi connectivity index (χ0n) is 14.1. The predicted octanol–water partition coefficient (Wildman–Crippen LogP) is 2.79. The highest BCUT2D eigenvalue weighted by Crippen LogP contribution is 2.35. The minimum absolute atomic E-state index is 0.115. The number of carbonyl (C=O) groups excluding carboxylic acids is 1. The van der Waals surface area contributed by atoms with E-state index in [2.05, 4.69) is 0 Å². The maximum Gasteiger partial charge on any atom is 0.306 e. The number of amides is 1. The average molecular weight is 331 g/mol. The van der Waals surface area contributed by atoms with Crippen molar-refractivity contribution in [1.82, 2.24) is 4.90 Å². The molecule has 0 saturated carbocycles. The summed E-state index contributed by atoms with van der Waals surface area (Å²) in [5.41, 5.74) is 2.24. The molecule has 24 heavy (non-hydrogen) atoms. The molecule has 0 aromatic heterocycles. The van der Waals surface area contributed by atoms with Crippen LogP contribution in [0, 0.1) is 18.8 Å². The molecule has 2 heterocycles. The summed E-state index contributed by atoms with van der Waals surface area (Å²) in [6.07, 6.45) is 2.62. The molecular formula is C19H25NO4. The van der Waals surface area contributed by atoms with Crippen LogP contribution in [0.25, 0.3) is 0 Å². The molecule has 1 amide bonds. The molecule has 1 aromatic rings. The number of hydrogen-bond donors (Lipinski definition) is 1. The van der Waals surface area contributed by atoms with Crippen LogP contribution in [0.2, 0.25) is 0 Å². The minimum atomic E-state index is -0.749. The Kier molecular flexibility index (Phi) is 5.19. The van der Waals surface area contributed by atoms with Gasteiger partial charge in [-0.05, 0) is 38.2 Å². The molecule has 0 spiro atoms. The largest absolute Gasteiger partial charge is 0.481 e. The number of rotatable bonds is 3. The number of piperidine rings is 1. The molecule has 1 N–H and O–H groups in total. The van der Waals surface area contributed by atoms with Crippen molar-refractivity contribution in [2.45, 2.75) is 38.7 Å². The van der Waals surface area contributed by atoms with Gasteiger partial charge in [0, 0.05) is 19.7 Å². The van der Waals surface area contributed by atoms with Gasteiger partial charge in [0.2, 0.25) is 5.91 Å². The highest BCUT2D eigenvalue weighted by molar-refractivity contribution is 5.80. The number of aliphatic carboxylic acids is 1. The highest BCUT2D eigenvalue weighted by atomic mass is 16.5. The number of carbonyl (C=O) groups is 2. The van der Waals surface area contributed by atoms with Crippen molar-refractivity contribution in [2.24, 2.45) is 11.8 Å². The molecule has 5 nitrogen and oxygen atoms in total. The number of ether oxygens (including phenoxy) is 1. The van der Waals surface area contributed by atoms with Gasteiger partial charge in [0.05, 0.1) is 17.9 Å². The zero-order chi connectivity index (χ0) is 17.1. The van der Waals surface area contributed by atoms with Gasteiger partial charge in [-0.3, -0.25) is 9.59 Å². The Morgan fingerprint density at radius 3 is 2.42 bits per heavy atom. The Morgan fingerprint density at radius 1 is 1.12 bits per heavy atom. The first-order valence-corrected chi connectivity index (χ1v) is 8.76. The second kappa shape index (κ2) is 7.34. The van der Waals surface area contributed by atoms with Crippen LogP contribution in [0.4, 0.5) is 0 Å². The molecule has 0 unspecified atom stereocenters. The maximum atomic E-state index is 13.0. The molecule has 2 fully saturated rings. The molecule has 1 aromatic carbocycles. The summed E-state index contributed by atoms with van der Waals surface area (Å²) >= 11 is 0. The van der Waals surface area contributed by atoms with E-state index < -0.39 is 5.97 Å². The van der Waals surface area contributed by atoms with Crippen molar-refractivity contribution in [3.63, 3.8) is 0 Å². The number of carboxylic acids is 1. The van der Waals surface area contributed by atoms with E-state index >= 15 is 0 Å². The minimum Gasteiger partial charge on any atom is -0.481 e. The van der Waals surface area contributed by atoms with E-state index in [-0.39, 0.29) is 23.8 Å². The maximum absolute atomic E-state index is 13.0. The van der Waals surface area contributed by atoms with Crippen LogP contribution in [-0.4, -0.2) is 41.6 Å². The quantitative estimate of drug-likeness (QED) is 0.925. The summed E-state index contributed by atoms with van der Waals surface area (Å²) in [7, 11) is 0. The Balaban J connectivity index is 1.70. The number of likely N-dealkylation sites (tertiary alicyclic amines) is 1. The van der Waals surface area contributed by atoms with Crippen LogP contribution in [0.5, 0.6) is 0 Å². The summed E-state index contributed by atoms with van der Waals surface area (Å²) in [6.45, 7) is 3.80. The molecule has 2 aliphatic rings. The predicted molar refractivity (Wildman–Crippen MR) is 89.5 cm³/mol. The van der Waals surface area contributed by atoms with Crippen molar-refractivity contribution >= 4 is 11.9 Å². The highest BCUT2D eigenvalue weighted by Gasteiger charge is 2.37. The van der Waals surface area contributed by atoms with Gasteiger partial charge >= 0.3 is 5.97 Å². The molecule has 5 heteroatoms. The molecule has 2 saturated heterocycles. The standard InChI is InChI=1S/C19H25NO4/c1-13-4-6-14(7-5-13)17-16(3-2-12-24-17)18(21)20-10-8-15(9-11-20)19(22)23/h4-7,15-17H,2-3,8-12H2,1H3,(H,22,23)/t16-,17+/m0/s1. The van der Waals surface area contributed by atoms with E-state index in [1.165, 1.54) is 5.56 Å². The molecule has 0 bridgehead atoms. The van der Waals surface area contributed by atoms with Gasteiger partial charge in [-0.25, -0.2) is 0 Å². The first-order chi connectivity index (χ1) is 11.6. The lowest BCUT2D eigenvalue weighted by Gasteiger charge is -2.37. The van der Waals surface area contributed by atoms with Gasteiger partial charge in [0.1, 0.15) is 0 Å². The van der Waals surface area contributed by atoms with Crippen LogP contribution in [0.3, 0.4) is 0 Å². The van der Waals surface area contributed by atoms with Crippen LogP contribution in [0.15, 0.2) is 24.3 Å². The van der Waals surface area contributed by atoms with E-state index in [1.54, 1.807) is 0 Å². The zero-order valence-corrected chi connectivity index (χ0v) is 14.1. The number of nitrogens with zero attached hydrogens (tertiary/aromatic N) is 1. The SMILES string of the molecule is Cc1ccc([C@H]2OCCC[C@@H]2C(=O)N2CCC(C(=O)O)CC2)cc1. The Morgan fingerprint density at radius 2 is 1.79 bits per heavy atom. The Bertz CT molecular complexity index is 590. The normalized spacial score (nSPS) is 25.5. The average Bonchev–Trinajstić information content (AvgIpc) is 2.62. The number of aryl methyl sites for hydroxylation is 1. The molecular weight excluding hydrogens is 306 g/mol. The summed E-state index contributed by atoms with van der Waals surface area (Å²) < 4.78 is 5.95.